The molecular formula is C31H54N4O20. The summed E-state index contributed by atoms with van der Waals surface area (Å²) in [5, 5.41) is 162. The Hall–Kier alpha value is -3.21. The van der Waals surface area contributed by atoms with Crippen molar-refractivity contribution in [2.24, 2.45) is 21.7 Å². The van der Waals surface area contributed by atoms with E-state index >= 15 is 0 Å². The van der Waals surface area contributed by atoms with Gasteiger partial charge in [0.05, 0.1) is 84.8 Å². The van der Waals surface area contributed by atoms with Crippen molar-refractivity contribution in [3.05, 3.63) is 0 Å². The second-order valence-electron chi connectivity index (χ2n) is 14.8. The molecule has 0 spiro atoms. The third-order valence-corrected chi connectivity index (χ3v) is 11.8. The Balaban J connectivity index is 3.09. The van der Waals surface area contributed by atoms with Gasteiger partial charge < -0.3 is 92.5 Å². The van der Waals surface area contributed by atoms with Crippen LogP contribution >= 0.6 is 0 Å². The van der Waals surface area contributed by atoms with Crippen LogP contribution in [0, 0.1) is 21.7 Å². The van der Waals surface area contributed by atoms with E-state index in [1.165, 1.54) is 0 Å². The van der Waals surface area contributed by atoms with Crippen molar-refractivity contribution >= 4 is 29.7 Å². The van der Waals surface area contributed by atoms with E-state index in [9.17, 15) is 101 Å². The predicted molar refractivity (Wildman–Crippen MR) is 178 cm³/mol. The second-order valence-corrected chi connectivity index (χ2v) is 14.8. The van der Waals surface area contributed by atoms with Gasteiger partial charge in [0.1, 0.15) is 22.8 Å². The fourth-order valence-electron chi connectivity index (χ4n) is 7.85. The normalized spacial score (nSPS) is 22.1. The first-order chi connectivity index (χ1) is 25.7. The van der Waals surface area contributed by atoms with Crippen LogP contribution in [0.25, 0.3) is 0 Å². The van der Waals surface area contributed by atoms with Crippen LogP contribution in [-0.4, -0.2) is 214 Å². The van der Waals surface area contributed by atoms with Gasteiger partial charge in [-0.15, -0.1) is 0 Å². The van der Waals surface area contributed by atoms with Gasteiger partial charge in [-0.05, 0) is 32.1 Å². The number of hydrogen-bond donors (Lipinski definition) is 19. The summed E-state index contributed by atoms with van der Waals surface area (Å²) in [6, 6.07) is 0. The molecule has 2 unspecified atom stereocenters. The lowest BCUT2D eigenvalue weighted by atomic mass is 9.59. The van der Waals surface area contributed by atoms with Gasteiger partial charge in [0.2, 0.25) is 23.1 Å². The fourth-order valence-corrected chi connectivity index (χ4v) is 7.85. The molecule has 2 atom stereocenters. The Bertz CT molecular complexity index is 1310. The molecule has 0 aromatic rings. The molecule has 0 aromatic heterocycles. The highest BCUT2D eigenvalue weighted by molar-refractivity contribution is 6.22. The first kappa shape index (κ1) is 47.9. The van der Waals surface area contributed by atoms with Crippen molar-refractivity contribution in [3.63, 3.8) is 0 Å². The quantitative estimate of drug-likeness (QED) is 0.0301. The zero-order valence-corrected chi connectivity index (χ0v) is 29.8. The van der Waals surface area contributed by atoms with Crippen molar-refractivity contribution < 1.29 is 101 Å². The van der Waals surface area contributed by atoms with Crippen molar-refractivity contribution in [3.8, 4) is 0 Å². The molecule has 24 heteroatoms. The molecule has 2 fully saturated rings. The standard InChI is InChI=1S/C31H54N4O20/c36-6-26(7-37,8-38)32-18(48)30(22(52)53,19(49)33-27(9-39,10-40)11-41)24-1-2-25(5-24,4-3-24)31(23(54)55,20(50)34-28(12-42,13-43)14-44)21(51)35-29(15-45,16-46)17-47/h18,32,36-48H,1-17H2,(H,33,49)(H,34,50)(H,35,51)(H,52,53)(H,54,55). The number of aliphatic hydroxyl groups excluding tert-OH is 13. The number of aliphatic hydroxyl groups is 13. The number of aliphatic carboxylic acids is 2. The smallest absolute Gasteiger partial charge is 0.329 e. The third kappa shape index (κ3) is 7.52. The number of rotatable bonds is 25. The van der Waals surface area contributed by atoms with Gasteiger partial charge >= 0.3 is 11.9 Å². The van der Waals surface area contributed by atoms with Crippen LogP contribution in [0.1, 0.15) is 32.1 Å². The summed E-state index contributed by atoms with van der Waals surface area (Å²) >= 11 is 0. The summed E-state index contributed by atoms with van der Waals surface area (Å²) in [5.41, 5.74) is -21.1. The topological polar surface area (TPSA) is 437 Å². The Morgan fingerprint density at radius 2 is 0.745 bits per heavy atom. The maximum atomic E-state index is 14.5. The van der Waals surface area contributed by atoms with E-state index in [4.69, 9.17) is 0 Å². The van der Waals surface area contributed by atoms with Gasteiger partial charge in [-0.3, -0.25) is 29.3 Å². The van der Waals surface area contributed by atoms with Crippen molar-refractivity contribution in [1.82, 2.24) is 21.3 Å². The molecular weight excluding hydrogens is 748 g/mol. The van der Waals surface area contributed by atoms with E-state index in [0.717, 1.165) is 0 Å². The molecule has 3 amide bonds. The van der Waals surface area contributed by atoms with Crippen LogP contribution in [0.5, 0.6) is 0 Å². The van der Waals surface area contributed by atoms with E-state index in [2.05, 4.69) is 5.32 Å². The van der Waals surface area contributed by atoms with Gasteiger partial charge in [0.15, 0.2) is 5.41 Å². The number of carbonyl (C=O) groups excluding carboxylic acids is 3. The van der Waals surface area contributed by atoms with Crippen LogP contribution in [0.3, 0.4) is 0 Å². The highest BCUT2D eigenvalue weighted by Gasteiger charge is 2.80. The van der Waals surface area contributed by atoms with E-state index in [1.54, 1.807) is 0 Å². The van der Waals surface area contributed by atoms with E-state index < -0.39 is 191 Å². The van der Waals surface area contributed by atoms with E-state index in [1.807, 2.05) is 16.0 Å². The summed E-state index contributed by atoms with van der Waals surface area (Å²) in [6.07, 6.45) is -6.40. The predicted octanol–water partition coefficient (Wildman–Crippen LogP) is -9.80. The van der Waals surface area contributed by atoms with Gasteiger partial charge in [-0.2, -0.15) is 0 Å². The molecule has 2 aliphatic rings. The molecule has 318 valence electrons. The first-order valence-electron chi connectivity index (χ1n) is 17.0. The van der Waals surface area contributed by atoms with E-state index in [-0.39, 0.29) is 0 Å². The molecule has 0 aromatic carbocycles. The molecule has 2 rings (SSSR count). The fraction of sp³-hybridized carbons (Fsp3) is 0.839. The Morgan fingerprint density at radius 3 is 1.02 bits per heavy atom. The number of carboxylic acid groups (broad SMARTS) is 2. The van der Waals surface area contributed by atoms with Gasteiger partial charge in [0.25, 0.3) is 0 Å². The number of nitrogens with one attached hydrogen (secondary N) is 4. The molecule has 2 aliphatic carbocycles. The minimum Gasteiger partial charge on any atom is -0.480 e. The Kier molecular flexibility index (Phi) is 15.6. The molecule has 0 radical (unpaired) electrons. The largest absolute Gasteiger partial charge is 0.480 e. The van der Waals surface area contributed by atoms with Crippen LogP contribution in [0.15, 0.2) is 0 Å². The van der Waals surface area contributed by atoms with Crippen molar-refractivity contribution in [1.29, 1.82) is 0 Å². The summed E-state index contributed by atoms with van der Waals surface area (Å²) < 4.78 is 0. The van der Waals surface area contributed by atoms with Crippen LogP contribution in [-0.2, 0) is 24.0 Å². The molecule has 0 aliphatic heterocycles. The maximum absolute atomic E-state index is 14.5. The van der Waals surface area contributed by atoms with Crippen LogP contribution in [0.4, 0.5) is 0 Å². The number of carboxylic acids is 2. The summed E-state index contributed by atoms with van der Waals surface area (Å²) in [4.78, 5) is 70.6. The minimum atomic E-state index is -3.56. The number of carbonyl (C=O) groups is 5. The van der Waals surface area contributed by atoms with Crippen molar-refractivity contribution in [2.75, 3.05) is 79.3 Å². The van der Waals surface area contributed by atoms with Gasteiger partial charge in [0, 0.05) is 10.8 Å². The zero-order chi connectivity index (χ0) is 42.3. The summed E-state index contributed by atoms with van der Waals surface area (Å²) in [7, 11) is 0. The number of amides is 3. The minimum absolute atomic E-state index is 0.647. The third-order valence-electron chi connectivity index (χ3n) is 11.8. The molecule has 24 nitrogen and oxygen atoms in total. The van der Waals surface area contributed by atoms with Gasteiger partial charge in [-0.1, -0.05) is 0 Å². The lowest BCUT2D eigenvalue weighted by molar-refractivity contribution is -0.188. The lowest BCUT2D eigenvalue weighted by Crippen LogP contribution is -2.73. The molecule has 19 N–H and O–H groups in total. The Labute approximate surface area is 313 Å². The highest BCUT2D eigenvalue weighted by Crippen LogP contribution is 2.73. The van der Waals surface area contributed by atoms with Gasteiger partial charge in [-0.25, -0.2) is 0 Å². The maximum Gasteiger partial charge on any atom is 0.329 e. The van der Waals surface area contributed by atoms with Crippen LogP contribution in [0.2, 0.25) is 0 Å². The number of hydrogen-bond acceptors (Lipinski definition) is 19. The molecule has 0 saturated heterocycles. The average Bonchev–Trinajstić information content (AvgIpc) is 3.76. The number of fused-ring (bicyclic) bond motifs is 2. The zero-order valence-electron chi connectivity index (χ0n) is 29.8. The molecule has 0 heterocycles. The first-order valence-corrected chi connectivity index (χ1v) is 17.0. The van der Waals surface area contributed by atoms with Crippen LogP contribution < -0.4 is 21.3 Å². The van der Waals surface area contributed by atoms with Crippen molar-refractivity contribution in [2.45, 2.75) is 60.5 Å². The molecule has 2 saturated carbocycles. The SMILES string of the molecule is O=C(O)C(C(=O)NC(CO)(CO)CO)(C(=O)NC(CO)(CO)CO)C12CCC(C(C(=O)O)(C(=O)NC(CO)(CO)CO)C(O)NC(CO)(CO)CO)(CC1)C2. The summed E-state index contributed by atoms with van der Waals surface area (Å²) in [6.45, 7) is -14.6. The molecule has 2 bridgehead atoms. The Morgan fingerprint density at radius 1 is 0.455 bits per heavy atom. The second kappa shape index (κ2) is 17.9. The monoisotopic (exact) mass is 802 g/mol. The van der Waals surface area contributed by atoms with E-state index in [0.29, 0.717) is 0 Å². The highest BCUT2D eigenvalue weighted by atomic mass is 16.4. The summed E-state index contributed by atoms with van der Waals surface area (Å²) in [5.74, 6) is -9.91. The molecule has 55 heavy (non-hydrogen) atoms. The average molecular weight is 803 g/mol. The lowest BCUT2D eigenvalue weighted by Gasteiger charge is -2.49.